The molecule has 3 aromatic rings. The summed E-state index contributed by atoms with van der Waals surface area (Å²) in [6, 6.07) is 18.0. The van der Waals surface area contributed by atoms with Crippen molar-refractivity contribution in [1.82, 2.24) is 4.98 Å². The number of nitrogens with one attached hydrogen (secondary N) is 1. The number of aryl methyl sites for hydroxylation is 2. The second-order valence-electron chi connectivity index (χ2n) is 6.97. The number of carbonyl (C=O) groups excluding carboxylic acids is 1. The number of hydrogen-bond acceptors (Lipinski definition) is 2. The van der Waals surface area contributed by atoms with E-state index in [-0.39, 0.29) is 5.91 Å². The number of pyridine rings is 1. The van der Waals surface area contributed by atoms with E-state index in [9.17, 15) is 4.79 Å². The summed E-state index contributed by atoms with van der Waals surface area (Å²) in [6.45, 7) is 8.43. The van der Waals surface area contributed by atoms with Crippen LogP contribution >= 0.6 is 0 Å². The van der Waals surface area contributed by atoms with Gasteiger partial charge in [-0.1, -0.05) is 38.1 Å². The molecule has 1 N–H and O–H groups in total. The molecule has 0 spiro atoms. The standard InChI is InChI=1S/C23H24N2O/c1-15(2)18-6-5-7-19(13-18)22-11-9-20(14-24-22)23(26)25-21-10-8-16(3)17(4)12-21/h5-15H,1-4H3,(H,25,26). The maximum atomic E-state index is 12.5. The predicted molar refractivity (Wildman–Crippen MR) is 108 cm³/mol. The van der Waals surface area contributed by atoms with Gasteiger partial charge >= 0.3 is 0 Å². The summed E-state index contributed by atoms with van der Waals surface area (Å²) in [5.41, 5.74) is 6.92. The van der Waals surface area contributed by atoms with Gasteiger partial charge in [-0.05, 0) is 66.8 Å². The average Bonchev–Trinajstić information content (AvgIpc) is 2.65. The lowest BCUT2D eigenvalue weighted by molar-refractivity contribution is 0.102. The fourth-order valence-electron chi connectivity index (χ4n) is 2.78. The Hall–Kier alpha value is -2.94. The quantitative estimate of drug-likeness (QED) is 0.655. The molecule has 0 fully saturated rings. The van der Waals surface area contributed by atoms with E-state index in [4.69, 9.17) is 0 Å². The summed E-state index contributed by atoms with van der Waals surface area (Å²) >= 11 is 0. The SMILES string of the molecule is Cc1ccc(NC(=O)c2ccc(-c3cccc(C(C)C)c3)nc2)cc1C. The highest BCUT2D eigenvalue weighted by Gasteiger charge is 2.09. The van der Waals surface area contributed by atoms with Crippen LogP contribution in [-0.4, -0.2) is 10.9 Å². The second-order valence-corrected chi connectivity index (χ2v) is 6.97. The fraction of sp³-hybridized carbons (Fsp3) is 0.217. The van der Waals surface area contributed by atoms with Crippen molar-refractivity contribution < 1.29 is 4.79 Å². The van der Waals surface area contributed by atoms with Crippen LogP contribution in [0.15, 0.2) is 60.8 Å². The third kappa shape index (κ3) is 3.99. The van der Waals surface area contributed by atoms with Crippen LogP contribution in [0, 0.1) is 13.8 Å². The van der Waals surface area contributed by atoms with Crippen molar-refractivity contribution >= 4 is 11.6 Å². The van der Waals surface area contributed by atoms with Crippen LogP contribution < -0.4 is 5.32 Å². The van der Waals surface area contributed by atoms with Gasteiger partial charge in [0.2, 0.25) is 0 Å². The van der Waals surface area contributed by atoms with E-state index in [0.717, 1.165) is 22.5 Å². The summed E-state index contributed by atoms with van der Waals surface area (Å²) in [6.07, 6.45) is 1.63. The maximum absolute atomic E-state index is 12.5. The molecule has 3 rings (SSSR count). The molecule has 0 saturated heterocycles. The van der Waals surface area contributed by atoms with Gasteiger partial charge in [-0.2, -0.15) is 0 Å². The van der Waals surface area contributed by atoms with Gasteiger partial charge in [-0.25, -0.2) is 0 Å². The first-order valence-electron chi connectivity index (χ1n) is 8.89. The van der Waals surface area contributed by atoms with Crippen LogP contribution in [0.2, 0.25) is 0 Å². The fourth-order valence-corrected chi connectivity index (χ4v) is 2.78. The van der Waals surface area contributed by atoms with Crippen molar-refractivity contribution in [2.45, 2.75) is 33.6 Å². The third-order valence-corrected chi connectivity index (χ3v) is 4.64. The minimum Gasteiger partial charge on any atom is -0.322 e. The lowest BCUT2D eigenvalue weighted by atomic mass is 9.99. The lowest BCUT2D eigenvalue weighted by Gasteiger charge is -2.09. The first-order valence-corrected chi connectivity index (χ1v) is 8.89. The Morgan fingerprint density at radius 2 is 1.77 bits per heavy atom. The summed E-state index contributed by atoms with van der Waals surface area (Å²) in [7, 11) is 0. The van der Waals surface area contributed by atoms with Crippen LogP contribution in [0.1, 0.15) is 46.8 Å². The van der Waals surface area contributed by atoms with Gasteiger partial charge in [0.05, 0.1) is 11.3 Å². The van der Waals surface area contributed by atoms with Crippen LogP contribution in [-0.2, 0) is 0 Å². The van der Waals surface area contributed by atoms with Gasteiger partial charge in [0, 0.05) is 17.4 Å². The van der Waals surface area contributed by atoms with E-state index in [1.54, 1.807) is 6.20 Å². The highest BCUT2D eigenvalue weighted by molar-refractivity contribution is 6.04. The minimum absolute atomic E-state index is 0.150. The molecular weight excluding hydrogens is 320 g/mol. The van der Waals surface area contributed by atoms with E-state index < -0.39 is 0 Å². The summed E-state index contributed by atoms with van der Waals surface area (Å²) in [4.78, 5) is 16.9. The molecule has 0 radical (unpaired) electrons. The lowest BCUT2D eigenvalue weighted by Crippen LogP contribution is -2.12. The van der Waals surface area contributed by atoms with E-state index in [1.807, 2.05) is 49.4 Å². The van der Waals surface area contributed by atoms with E-state index >= 15 is 0 Å². The highest BCUT2D eigenvalue weighted by Crippen LogP contribution is 2.23. The van der Waals surface area contributed by atoms with Crippen molar-refractivity contribution in [2.24, 2.45) is 0 Å². The zero-order valence-electron chi connectivity index (χ0n) is 15.7. The van der Waals surface area contributed by atoms with Crippen LogP contribution in [0.5, 0.6) is 0 Å². The van der Waals surface area contributed by atoms with E-state index in [1.165, 1.54) is 11.1 Å². The molecule has 2 aromatic carbocycles. The molecule has 1 heterocycles. The third-order valence-electron chi connectivity index (χ3n) is 4.64. The van der Waals surface area contributed by atoms with E-state index in [2.05, 4.69) is 43.2 Å². The topological polar surface area (TPSA) is 42.0 Å². The number of benzene rings is 2. The van der Waals surface area contributed by atoms with Gasteiger partial charge in [-0.3, -0.25) is 9.78 Å². The number of amides is 1. The molecule has 3 nitrogen and oxygen atoms in total. The molecule has 1 aromatic heterocycles. The zero-order chi connectivity index (χ0) is 18.7. The monoisotopic (exact) mass is 344 g/mol. The molecule has 0 aliphatic carbocycles. The molecule has 3 heteroatoms. The Bertz CT molecular complexity index is 927. The number of anilines is 1. The molecular formula is C23H24N2O. The van der Waals surface area contributed by atoms with Crippen molar-refractivity contribution in [1.29, 1.82) is 0 Å². The normalized spacial score (nSPS) is 10.8. The van der Waals surface area contributed by atoms with Gasteiger partial charge in [0.15, 0.2) is 0 Å². The Morgan fingerprint density at radius 3 is 2.42 bits per heavy atom. The molecule has 26 heavy (non-hydrogen) atoms. The molecule has 0 bridgehead atoms. The van der Waals surface area contributed by atoms with Crippen molar-refractivity contribution in [3.8, 4) is 11.3 Å². The van der Waals surface area contributed by atoms with Gasteiger partial charge in [0.25, 0.3) is 5.91 Å². The Morgan fingerprint density at radius 1 is 0.962 bits per heavy atom. The summed E-state index contributed by atoms with van der Waals surface area (Å²) in [5.74, 6) is 0.321. The van der Waals surface area contributed by atoms with Gasteiger partial charge in [0.1, 0.15) is 0 Å². The second kappa shape index (κ2) is 7.52. The first-order chi connectivity index (χ1) is 12.4. The van der Waals surface area contributed by atoms with Gasteiger partial charge in [-0.15, -0.1) is 0 Å². The maximum Gasteiger partial charge on any atom is 0.257 e. The molecule has 0 atom stereocenters. The average molecular weight is 344 g/mol. The van der Waals surface area contributed by atoms with E-state index in [0.29, 0.717) is 11.5 Å². The molecule has 0 saturated carbocycles. The highest BCUT2D eigenvalue weighted by atomic mass is 16.1. The Labute approximate surface area is 155 Å². The Balaban J connectivity index is 1.77. The van der Waals surface area contributed by atoms with Crippen LogP contribution in [0.4, 0.5) is 5.69 Å². The molecule has 0 unspecified atom stereocenters. The van der Waals surface area contributed by atoms with Crippen molar-refractivity contribution in [2.75, 3.05) is 5.32 Å². The summed E-state index contributed by atoms with van der Waals surface area (Å²) in [5, 5.41) is 2.93. The molecule has 1 amide bonds. The van der Waals surface area contributed by atoms with Crippen molar-refractivity contribution in [3.63, 3.8) is 0 Å². The number of hydrogen-bond donors (Lipinski definition) is 1. The van der Waals surface area contributed by atoms with Gasteiger partial charge < -0.3 is 5.32 Å². The zero-order valence-corrected chi connectivity index (χ0v) is 15.7. The number of rotatable bonds is 4. The number of carbonyl (C=O) groups is 1. The molecule has 0 aliphatic rings. The minimum atomic E-state index is -0.150. The largest absolute Gasteiger partial charge is 0.322 e. The van der Waals surface area contributed by atoms with Crippen LogP contribution in [0.3, 0.4) is 0 Å². The molecule has 0 aliphatic heterocycles. The predicted octanol–water partition coefficient (Wildman–Crippen LogP) is 5.74. The Kier molecular flexibility index (Phi) is 5.17. The first kappa shape index (κ1) is 17.9. The smallest absolute Gasteiger partial charge is 0.257 e. The summed E-state index contributed by atoms with van der Waals surface area (Å²) < 4.78 is 0. The van der Waals surface area contributed by atoms with Crippen LogP contribution in [0.25, 0.3) is 11.3 Å². The van der Waals surface area contributed by atoms with Crippen molar-refractivity contribution in [3.05, 3.63) is 83.0 Å². The number of aromatic nitrogens is 1. The number of nitrogens with zero attached hydrogens (tertiary/aromatic N) is 1. The molecule has 132 valence electrons.